The number of anilines is 2. The molecule has 0 spiro atoms. The van der Waals surface area contributed by atoms with Crippen LogP contribution in [0.25, 0.3) is 11.3 Å². The summed E-state index contributed by atoms with van der Waals surface area (Å²) in [6.45, 7) is 0. The first-order valence-corrected chi connectivity index (χ1v) is 6.79. The Morgan fingerprint density at radius 3 is 2.17 bits per heavy atom. The van der Waals surface area contributed by atoms with E-state index in [1.807, 2.05) is 6.07 Å². The number of nitrogens with zero attached hydrogens (tertiary/aromatic N) is 3. The van der Waals surface area contributed by atoms with Crippen molar-refractivity contribution >= 4 is 11.8 Å². The fourth-order valence-electron chi connectivity index (χ4n) is 2.62. The van der Waals surface area contributed by atoms with Crippen molar-refractivity contribution in [2.45, 2.75) is 24.4 Å². The molecule has 1 aliphatic rings. The largest absolute Gasteiger partial charge is 0.398 e. The van der Waals surface area contributed by atoms with Gasteiger partial charge in [0.1, 0.15) is 17.5 Å². The molecule has 1 aromatic carbocycles. The predicted molar refractivity (Wildman–Crippen MR) is 78.0 cm³/mol. The molecule has 1 saturated carbocycles. The molecule has 0 radical (unpaired) electrons. The summed E-state index contributed by atoms with van der Waals surface area (Å²) in [5, 5.41) is 9.15. The summed E-state index contributed by atoms with van der Waals surface area (Å²) < 4.78 is 39.4. The lowest BCUT2D eigenvalue weighted by Crippen LogP contribution is -2.28. The van der Waals surface area contributed by atoms with E-state index in [1.54, 1.807) is 0 Å². The molecule has 4 N–H and O–H groups in total. The molecule has 0 amide bonds. The molecule has 5 nitrogen and oxygen atoms in total. The zero-order valence-corrected chi connectivity index (χ0v) is 11.9. The van der Waals surface area contributed by atoms with Crippen LogP contribution in [0.4, 0.5) is 24.9 Å². The van der Waals surface area contributed by atoms with Crippen LogP contribution in [-0.4, -0.2) is 16.1 Å². The quantitative estimate of drug-likeness (QED) is 0.886. The van der Waals surface area contributed by atoms with Gasteiger partial charge in [-0.1, -0.05) is 24.3 Å². The maximum atomic E-state index is 13.1. The summed E-state index contributed by atoms with van der Waals surface area (Å²) in [5.41, 5.74) is 10.3. The number of nitriles is 1. The molecule has 0 bridgehead atoms. The lowest BCUT2D eigenvalue weighted by Gasteiger charge is -2.19. The third kappa shape index (κ3) is 2.34. The van der Waals surface area contributed by atoms with E-state index in [4.69, 9.17) is 16.7 Å². The Morgan fingerprint density at radius 2 is 1.70 bits per heavy atom. The molecular weight excluding hydrogens is 307 g/mol. The first kappa shape index (κ1) is 15.1. The van der Waals surface area contributed by atoms with E-state index in [9.17, 15) is 13.2 Å². The van der Waals surface area contributed by atoms with E-state index in [-0.39, 0.29) is 41.4 Å². The lowest BCUT2D eigenvalue weighted by atomic mass is 9.93. The maximum absolute atomic E-state index is 13.1. The molecule has 23 heavy (non-hydrogen) atoms. The summed E-state index contributed by atoms with van der Waals surface area (Å²) >= 11 is 0. The molecule has 1 aliphatic carbocycles. The summed E-state index contributed by atoms with van der Waals surface area (Å²) in [7, 11) is 0. The molecule has 1 fully saturated rings. The van der Waals surface area contributed by atoms with E-state index >= 15 is 0 Å². The molecule has 0 aliphatic heterocycles. The average molecular weight is 319 g/mol. The number of halogens is 3. The van der Waals surface area contributed by atoms with Gasteiger partial charge < -0.3 is 11.5 Å². The zero-order chi connectivity index (χ0) is 16.8. The molecule has 1 aromatic heterocycles. The zero-order valence-electron chi connectivity index (χ0n) is 11.9. The van der Waals surface area contributed by atoms with Crippen molar-refractivity contribution < 1.29 is 13.2 Å². The smallest absolute Gasteiger partial charge is 0.382 e. The van der Waals surface area contributed by atoms with Crippen LogP contribution in [0.2, 0.25) is 0 Å². The number of rotatable bonds is 2. The van der Waals surface area contributed by atoms with Crippen molar-refractivity contribution in [3.8, 4) is 17.3 Å². The van der Waals surface area contributed by atoms with Crippen LogP contribution in [0.15, 0.2) is 24.3 Å². The highest BCUT2D eigenvalue weighted by Gasteiger charge is 2.64. The molecule has 0 unspecified atom stereocenters. The molecule has 0 atom stereocenters. The van der Waals surface area contributed by atoms with E-state index in [0.29, 0.717) is 5.56 Å². The van der Waals surface area contributed by atoms with Crippen molar-refractivity contribution in [3.63, 3.8) is 0 Å². The molecule has 1 heterocycles. The summed E-state index contributed by atoms with van der Waals surface area (Å²) in [6.07, 6.45) is -4.09. The second kappa shape index (κ2) is 4.84. The standard InChI is InChI=1S/C15H12F3N5/c16-15(17,18)14(5-6-14)9-3-1-8(2-4-9)11-10(7-19)12(20)23-13(21)22-11/h1-4H,5-6H2,(H4,20,21,22,23). The minimum absolute atomic E-state index is 0.0453. The Balaban J connectivity index is 2.04. The van der Waals surface area contributed by atoms with Crippen molar-refractivity contribution in [1.82, 2.24) is 9.97 Å². The third-order valence-corrected chi connectivity index (χ3v) is 4.07. The van der Waals surface area contributed by atoms with Gasteiger partial charge in [0.05, 0.1) is 11.1 Å². The number of aromatic nitrogens is 2. The van der Waals surface area contributed by atoms with Crippen LogP contribution in [-0.2, 0) is 5.41 Å². The van der Waals surface area contributed by atoms with Crippen LogP contribution in [0.1, 0.15) is 24.0 Å². The molecule has 2 aromatic rings. The van der Waals surface area contributed by atoms with Gasteiger partial charge in [0, 0.05) is 5.56 Å². The number of benzene rings is 1. The number of hydrogen-bond donors (Lipinski definition) is 2. The molecule has 3 rings (SSSR count). The average Bonchev–Trinajstić information content (AvgIpc) is 3.28. The van der Waals surface area contributed by atoms with Crippen molar-refractivity contribution in [2.75, 3.05) is 11.5 Å². The van der Waals surface area contributed by atoms with E-state index in [2.05, 4.69) is 9.97 Å². The predicted octanol–water partition coefficient (Wildman–Crippen LogP) is 2.77. The van der Waals surface area contributed by atoms with Gasteiger partial charge in [0.25, 0.3) is 0 Å². The highest BCUT2D eigenvalue weighted by atomic mass is 19.4. The summed E-state index contributed by atoms with van der Waals surface area (Å²) in [5.74, 6) is -0.164. The first-order chi connectivity index (χ1) is 10.8. The Morgan fingerprint density at radius 1 is 1.09 bits per heavy atom. The lowest BCUT2D eigenvalue weighted by molar-refractivity contribution is -0.160. The normalized spacial score (nSPS) is 15.9. The van der Waals surface area contributed by atoms with Crippen LogP contribution >= 0.6 is 0 Å². The Hall–Kier alpha value is -2.82. The van der Waals surface area contributed by atoms with Gasteiger partial charge in [0.15, 0.2) is 0 Å². The number of nitrogens with two attached hydrogens (primary N) is 2. The number of nitrogen functional groups attached to an aromatic ring is 2. The Labute approximate surface area is 129 Å². The monoisotopic (exact) mass is 319 g/mol. The number of alkyl halides is 3. The Bertz CT molecular complexity index is 802. The Kier molecular flexibility index (Phi) is 3.18. The number of hydrogen-bond acceptors (Lipinski definition) is 5. The van der Waals surface area contributed by atoms with Crippen LogP contribution in [0.3, 0.4) is 0 Å². The molecule has 0 saturated heterocycles. The van der Waals surface area contributed by atoms with Gasteiger partial charge in [-0.25, -0.2) is 4.98 Å². The van der Waals surface area contributed by atoms with Crippen LogP contribution in [0, 0.1) is 11.3 Å². The van der Waals surface area contributed by atoms with E-state index < -0.39 is 11.6 Å². The van der Waals surface area contributed by atoms with E-state index in [1.165, 1.54) is 24.3 Å². The van der Waals surface area contributed by atoms with Crippen molar-refractivity contribution in [2.24, 2.45) is 0 Å². The minimum Gasteiger partial charge on any atom is -0.382 e. The molecule has 8 heteroatoms. The SMILES string of the molecule is N#Cc1c(N)nc(N)nc1-c1ccc(C2(C(F)(F)F)CC2)cc1. The highest BCUT2D eigenvalue weighted by Crippen LogP contribution is 2.58. The highest BCUT2D eigenvalue weighted by molar-refractivity contribution is 5.73. The topological polar surface area (TPSA) is 102 Å². The van der Waals surface area contributed by atoms with Gasteiger partial charge in [-0.05, 0) is 18.4 Å². The van der Waals surface area contributed by atoms with Gasteiger partial charge in [0.2, 0.25) is 5.95 Å². The summed E-state index contributed by atoms with van der Waals surface area (Å²) in [6, 6.07) is 7.68. The van der Waals surface area contributed by atoms with Crippen LogP contribution in [0.5, 0.6) is 0 Å². The van der Waals surface area contributed by atoms with Crippen LogP contribution < -0.4 is 11.5 Å². The second-order valence-electron chi connectivity index (χ2n) is 5.46. The van der Waals surface area contributed by atoms with Crippen molar-refractivity contribution in [1.29, 1.82) is 5.26 Å². The van der Waals surface area contributed by atoms with Gasteiger partial charge in [-0.15, -0.1) is 0 Å². The first-order valence-electron chi connectivity index (χ1n) is 6.79. The third-order valence-electron chi connectivity index (χ3n) is 4.07. The fraction of sp³-hybridized carbons (Fsp3) is 0.267. The molecular formula is C15H12F3N5. The summed E-state index contributed by atoms with van der Waals surface area (Å²) in [4.78, 5) is 7.68. The van der Waals surface area contributed by atoms with Gasteiger partial charge in [-0.3, -0.25) is 0 Å². The van der Waals surface area contributed by atoms with E-state index in [0.717, 1.165) is 0 Å². The van der Waals surface area contributed by atoms with Gasteiger partial charge >= 0.3 is 6.18 Å². The molecule has 118 valence electrons. The van der Waals surface area contributed by atoms with Gasteiger partial charge in [-0.2, -0.15) is 23.4 Å². The van der Waals surface area contributed by atoms with Crippen molar-refractivity contribution in [3.05, 3.63) is 35.4 Å². The second-order valence-corrected chi connectivity index (χ2v) is 5.46. The maximum Gasteiger partial charge on any atom is 0.398 e. The minimum atomic E-state index is -4.27. The fourth-order valence-corrected chi connectivity index (χ4v) is 2.62.